The van der Waals surface area contributed by atoms with E-state index >= 15 is 0 Å². The number of nitrogens with one attached hydrogen (secondary N) is 1. The molecule has 4 rings (SSSR count). The summed E-state index contributed by atoms with van der Waals surface area (Å²) < 4.78 is 17.2. The van der Waals surface area contributed by atoms with E-state index in [0.717, 1.165) is 10.0 Å². The lowest BCUT2D eigenvalue weighted by Gasteiger charge is -2.05. The maximum absolute atomic E-state index is 12.3. The van der Waals surface area contributed by atoms with Crippen LogP contribution in [0.1, 0.15) is 15.2 Å². The number of ether oxygens (including phenoxy) is 3. The van der Waals surface area contributed by atoms with Crippen molar-refractivity contribution in [2.45, 2.75) is 6.61 Å². The number of anilines is 1. The van der Waals surface area contributed by atoms with Crippen LogP contribution in [-0.2, 0) is 6.61 Å². The third-order valence-electron chi connectivity index (χ3n) is 3.60. The highest BCUT2D eigenvalue weighted by Gasteiger charge is 2.14. The highest BCUT2D eigenvalue weighted by molar-refractivity contribution is 9.10. The number of aromatic nitrogens is 1. The van der Waals surface area contributed by atoms with Gasteiger partial charge in [-0.25, -0.2) is 4.98 Å². The van der Waals surface area contributed by atoms with Crippen LogP contribution >= 0.6 is 27.3 Å². The molecule has 0 bridgehead atoms. The largest absolute Gasteiger partial charge is 0.489 e. The van der Waals surface area contributed by atoms with E-state index in [1.165, 1.54) is 11.3 Å². The summed E-state index contributed by atoms with van der Waals surface area (Å²) in [7, 11) is 0. The molecular weight excluding hydrogens is 420 g/mol. The Hall–Kier alpha value is -2.58. The molecule has 8 heteroatoms. The standard InChI is InChI=1S/C18H13BrN2O4S/c19-12-1-4-17(20-7-12)21-18(22)16-5-11(9-26-16)8-23-13-2-3-14-15(6-13)25-10-24-14/h1-7,9H,8,10H2,(H,20,21,22). The molecule has 3 aromatic rings. The smallest absolute Gasteiger partial charge is 0.266 e. The quantitative estimate of drug-likeness (QED) is 0.643. The molecule has 0 atom stereocenters. The van der Waals surface area contributed by atoms with Crippen molar-refractivity contribution < 1.29 is 19.0 Å². The van der Waals surface area contributed by atoms with Gasteiger partial charge in [-0.3, -0.25) is 4.79 Å². The molecule has 132 valence electrons. The fourth-order valence-corrected chi connectivity index (χ4v) is 3.36. The van der Waals surface area contributed by atoms with Crippen molar-refractivity contribution in [1.29, 1.82) is 0 Å². The van der Waals surface area contributed by atoms with Crippen molar-refractivity contribution in [1.82, 2.24) is 4.98 Å². The van der Waals surface area contributed by atoms with Crippen molar-refractivity contribution >= 4 is 39.0 Å². The zero-order valence-corrected chi connectivity index (χ0v) is 15.8. The maximum atomic E-state index is 12.3. The summed E-state index contributed by atoms with van der Waals surface area (Å²) in [6, 6.07) is 10.8. The molecule has 0 saturated heterocycles. The number of fused-ring (bicyclic) bond motifs is 1. The summed E-state index contributed by atoms with van der Waals surface area (Å²) in [5, 5.41) is 4.67. The number of carbonyl (C=O) groups is 1. The summed E-state index contributed by atoms with van der Waals surface area (Å²) in [5.41, 5.74) is 0.918. The van der Waals surface area contributed by atoms with Gasteiger partial charge in [-0.05, 0) is 51.6 Å². The SMILES string of the molecule is O=C(Nc1ccc(Br)cn1)c1cc(COc2ccc3c(c2)OCO3)cs1. The lowest BCUT2D eigenvalue weighted by Crippen LogP contribution is -2.11. The van der Waals surface area contributed by atoms with Gasteiger partial charge in [0.25, 0.3) is 5.91 Å². The van der Waals surface area contributed by atoms with Crippen molar-refractivity contribution in [2.75, 3.05) is 12.1 Å². The topological polar surface area (TPSA) is 69.7 Å². The zero-order valence-electron chi connectivity index (χ0n) is 13.4. The summed E-state index contributed by atoms with van der Waals surface area (Å²) in [4.78, 5) is 17.0. The van der Waals surface area contributed by atoms with Crippen LogP contribution in [0.2, 0.25) is 0 Å². The number of amides is 1. The lowest BCUT2D eigenvalue weighted by molar-refractivity contribution is 0.103. The number of benzene rings is 1. The number of nitrogens with zero attached hydrogens (tertiary/aromatic N) is 1. The molecule has 0 unspecified atom stereocenters. The van der Waals surface area contributed by atoms with Crippen LogP contribution in [0, 0.1) is 0 Å². The molecule has 1 amide bonds. The first-order chi connectivity index (χ1) is 12.7. The van der Waals surface area contributed by atoms with E-state index in [2.05, 4.69) is 26.2 Å². The molecular formula is C18H13BrN2O4S. The highest BCUT2D eigenvalue weighted by atomic mass is 79.9. The van der Waals surface area contributed by atoms with Gasteiger partial charge in [0.15, 0.2) is 11.5 Å². The Morgan fingerprint density at radius 1 is 1.23 bits per heavy atom. The second-order valence-electron chi connectivity index (χ2n) is 5.44. The predicted molar refractivity (Wildman–Crippen MR) is 101 cm³/mol. The van der Waals surface area contributed by atoms with Crippen molar-refractivity contribution in [3.05, 3.63) is 62.9 Å². The van der Waals surface area contributed by atoms with Gasteiger partial charge < -0.3 is 19.5 Å². The number of rotatable bonds is 5. The summed E-state index contributed by atoms with van der Waals surface area (Å²) in [6.45, 7) is 0.592. The Kier molecular flexibility index (Phi) is 4.77. The van der Waals surface area contributed by atoms with E-state index in [1.807, 2.05) is 29.6 Å². The average molecular weight is 433 g/mol. The number of carbonyl (C=O) groups excluding carboxylic acids is 1. The van der Waals surface area contributed by atoms with Crippen LogP contribution in [0.4, 0.5) is 5.82 Å². The van der Waals surface area contributed by atoms with Crippen molar-refractivity contribution in [3.8, 4) is 17.2 Å². The summed E-state index contributed by atoms with van der Waals surface area (Å²) >= 11 is 4.67. The molecule has 0 aliphatic carbocycles. The Balaban J connectivity index is 1.36. The number of hydrogen-bond donors (Lipinski definition) is 1. The van der Waals surface area contributed by atoms with Gasteiger partial charge in [0.2, 0.25) is 6.79 Å². The monoisotopic (exact) mass is 432 g/mol. The Morgan fingerprint density at radius 3 is 2.96 bits per heavy atom. The van der Waals surface area contributed by atoms with Crippen LogP contribution < -0.4 is 19.5 Å². The lowest BCUT2D eigenvalue weighted by atomic mass is 10.3. The third kappa shape index (κ3) is 3.81. The van der Waals surface area contributed by atoms with E-state index in [0.29, 0.717) is 34.6 Å². The molecule has 3 heterocycles. The molecule has 2 aromatic heterocycles. The molecule has 26 heavy (non-hydrogen) atoms. The average Bonchev–Trinajstić information content (AvgIpc) is 3.30. The van der Waals surface area contributed by atoms with Gasteiger partial charge in [-0.2, -0.15) is 0 Å². The number of thiophene rings is 1. The first kappa shape index (κ1) is 16.9. The second-order valence-corrected chi connectivity index (χ2v) is 7.27. The Bertz CT molecular complexity index is 943. The fraction of sp³-hybridized carbons (Fsp3) is 0.111. The highest BCUT2D eigenvalue weighted by Crippen LogP contribution is 2.35. The van der Waals surface area contributed by atoms with Crippen molar-refractivity contribution in [2.24, 2.45) is 0 Å². The molecule has 1 aromatic carbocycles. The van der Waals surface area contributed by atoms with Gasteiger partial charge in [-0.1, -0.05) is 0 Å². The van der Waals surface area contributed by atoms with Crippen LogP contribution in [0.15, 0.2) is 52.4 Å². The number of hydrogen-bond acceptors (Lipinski definition) is 6. The first-order valence-electron chi connectivity index (χ1n) is 7.70. The first-order valence-corrected chi connectivity index (χ1v) is 9.37. The number of pyridine rings is 1. The Morgan fingerprint density at radius 2 is 2.12 bits per heavy atom. The van der Waals surface area contributed by atoms with E-state index in [9.17, 15) is 4.79 Å². The molecule has 0 spiro atoms. The third-order valence-corrected chi connectivity index (χ3v) is 5.04. The summed E-state index contributed by atoms with van der Waals surface area (Å²) in [6.07, 6.45) is 1.63. The van der Waals surface area contributed by atoms with Crippen LogP contribution in [-0.4, -0.2) is 17.7 Å². The molecule has 6 nitrogen and oxygen atoms in total. The van der Waals surface area contributed by atoms with Gasteiger partial charge in [-0.15, -0.1) is 11.3 Å². The van der Waals surface area contributed by atoms with Gasteiger partial charge in [0.05, 0.1) is 4.88 Å². The van der Waals surface area contributed by atoms with Crippen LogP contribution in [0.3, 0.4) is 0 Å². The minimum atomic E-state index is -0.195. The molecule has 1 N–H and O–H groups in total. The minimum Gasteiger partial charge on any atom is -0.489 e. The molecule has 1 aliphatic rings. The van der Waals surface area contributed by atoms with E-state index in [-0.39, 0.29) is 12.7 Å². The molecule has 0 radical (unpaired) electrons. The van der Waals surface area contributed by atoms with E-state index in [1.54, 1.807) is 18.3 Å². The maximum Gasteiger partial charge on any atom is 0.266 e. The fourth-order valence-electron chi connectivity index (χ4n) is 2.33. The summed E-state index contributed by atoms with van der Waals surface area (Å²) in [5.74, 6) is 2.39. The molecule has 1 aliphatic heterocycles. The zero-order chi connectivity index (χ0) is 17.9. The normalized spacial score (nSPS) is 12.0. The molecule has 0 saturated carbocycles. The second kappa shape index (κ2) is 7.35. The minimum absolute atomic E-state index is 0.195. The van der Waals surface area contributed by atoms with Gasteiger partial charge in [0.1, 0.15) is 18.2 Å². The predicted octanol–water partition coefficient (Wildman–Crippen LogP) is 4.47. The van der Waals surface area contributed by atoms with Gasteiger partial charge >= 0.3 is 0 Å². The van der Waals surface area contributed by atoms with Crippen LogP contribution in [0.25, 0.3) is 0 Å². The van der Waals surface area contributed by atoms with E-state index in [4.69, 9.17) is 14.2 Å². The molecule has 0 fully saturated rings. The number of halogens is 1. The van der Waals surface area contributed by atoms with Crippen LogP contribution in [0.5, 0.6) is 17.2 Å². The Labute approximate surface area is 161 Å². The van der Waals surface area contributed by atoms with Gasteiger partial charge in [0, 0.05) is 22.3 Å². The van der Waals surface area contributed by atoms with E-state index < -0.39 is 0 Å². The van der Waals surface area contributed by atoms with Crippen molar-refractivity contribution in [3.63, 3.8) is 0 Å².